The smallest absolute Gasteiger partial charge is 0.267 e. The van der Waals surface area contributed by atoms with Gasteiger partial charge in [-0.2, -0.15) is 0 Å². The molecule has 1 amide bonds. The second kappa shape index (κ2) is 7.79. The normalized spacial score (nSPS) is 11.0. The number of carbonyl (C=O) groups is 1. The zero-order chi connectivity index (χ0) is 17.6. The van der Waals surface area contributed by atoms with Crippen LogP contribution in [0, 0.1) is 0 Å². The number of nitrogens with one attached hydrogen (secondary N) is 2. The third kappa shape index (κ3) is 4.35. The maximum Gasteiger partial charge on any atom is 0.267 e. The summed E-state index contributed by atoms with van der Waals surface area (Å²) in [6.07, 6.45) is 3.49. The van der Waals surface area contributed by atoms with Crippen LogP contribution in [-0.2, 0) is 11.2 Å². The lowest BCUT2D eigenvalue weighted by atomic mass is 10.1. The lowest BCUT2D eigenvalue weighted by molar-refractivity contribution is -0.124. The number of hydroxylamine groups is 1. The van der Waals surface area contributed by atoms with Gasteiger partial charge < -0.3 is 4.98 Å². The third-order valence-electron chi connectivity index (χ3n) is 3.64. The number of H-pyrrole nitrogens is 1. The number of benzene rings is 2. The summed E-state index contributed by atoms with van der Waals surface area (Å²) in [6, 6.07) is 17.5. The molecule has 0 atom stereocenters. The van der Waals surface area contributed by atoms with Gasteiger partial charge in [0, 0.05) is 18.1 Å². The summed E-state index contributed by atoms with van der Waals surface area (Å²) in [5.74, 6) is 0.217. The van der Waals surface area contributed by atoms with Crippen molar-refractivity contribution in [2.24, 2.45) is 0 Å². The molecule has 3 aromatic rings. The van der Waals surface area contributed by atoms with Crippen LogP contribution in [0.3, 0.4) is 0 Å². The summed E-state index contributed by atoms with van der Waals surface area (Å²) in [6.45, 7) is 0. The Bertz CT molecular complexity index is 887. The standard InChI is InChI=1S/C19H16ClN3O2/c20-19-18(15-4-2-1-3-5-15)21-16(22-19)12-14-8-6-13(7-9-14)10-11-17(24)23-25/h1-11,25H,12H2,(H,21,22)(H,23,24)/b11-10+. The minimum Gasteiger partial charge on any atom is -0.332 e. The maximum atomic E-state index is 11.0. The molecule has 5 nitrogen and oxygen atoms in total. The van der Waals surface area contributed by atoms with E-state index in [2.05, 4.69) is 9.97 Å². The van der Waals surface area contributed by atoms with Crippen molar-refractivity contribution in [1.82, 2.24) is 15.4 Å². The summed E-state index contributed by atoms with van der Waals surface area (Å²) in [5.41, 5.74) is 5.18. The first-order valence-corrected chi connectivity index (χ1v) is 8.04. The Morgan fingerprint density at radius 1 is 1.16 bits per heavy atom. The van der Waals surface area contributed by atoms with Gasteiger partial charge in [0.25, 0.3) is 5.91 Å². The summed E-state index contributed by atoms with van der Waals surface area (Å²) in [4.78, 5) is 18.7. The van der Waals surface area contributed by atoms with Gasteiger partial charge in [-0.3, -0.25) is 10.0 Å². The van der Waals surface area contributed by atoms with E-state index in [1.807, 2.05) is 54.6 Å². The lowest BCUT2D eigenvalue weighted by Crippen LogP contribution is -2.14. The molecule has 3 N–H and O–H groups in total. The van der Waals surface area contributed by atoms with E-state index >= 15 is 0 Å². The van der Waals surface area contributed by atoms with Crippen molar-refractivity contribution < 1.29 is 10.0 Å². The molecule has 0 saturated carbocycles. The lowest BCUT2D eigenvalue weighted by Gasteiger charge is -2.00. The molecule has 6 heteroatoms. The van der Waals surface area contributed by atoms with Crippen LogP contribution < -0.4 is 5.48 Å². The van der Waals surface area contributed by atoms with Crippen LogP contribution in [0.4, 0.5) is 0 Å². The third-order valence-corrected chi connectivity index (χ3v) is 3.92. The Morgan fingerprint density at radius 3 is 2.56 bits per heavy atom. The Labute approximate surface area is 150 Å². The van der Waals surface area contributed by atoms with Gasteiger partial charge in [0.2, 0.25) is 0 Å². The van der Waals surface area contributed by atoms with Crippen molar-refractivity contribution in [3.05, 3.63) is 82.8 Å². The molecular formula is C19H16ClN3O2. The molecular weight excluding hydrogens is 338 g/mol. The predicted molar refractivity (Wildman–Crippen MR) is 97.2 cm³/mol. The van der Waals surface area contributed by atoms with E-state index in [4.69, 9.17) is 16.8 Å². The molecule has 1 aromatic heterocycles. The predicted octanol–water partition coefficient (Wildman–Crippen LogP) is 3.84. The van der Waals surface area contributed by atoms with Crippen molar-refractivity contribution in [2.45, 2.75) is 6.42 Å². The molecule has 0 aliphatic heterocycles. The fourth-order valence-electron chi connectivity index (χ4n) is 2.42. The van der Waals surface area contributed by atoms with Gasteiger partial charge in [0.1, 0.15) is 16.7 Å². The first-order valence-electron chi connectivity index (χ1n) is 7.66. The molecule has 0 radical (unpaired) electrons. The molecule has 0 aliphatic carbocycles. The highest BCUT2D eigenvalue weighted by Gasteiger charge is 2.10. The van der Waals surface area contributed by atoms with Gasteiger partial charge >= 0.3 is 0 Å². The fraction of sp³-hybridized carbons (Fsp3) is 0.0526. The van der Waals surface area contributed by atoms with Gasteiger partial charge in [-0.1, -0.05) is 66.2 Å². The Balaban J connectivity index is 1.73. The molecule has 126 valence electrons. The van der Waals surface area contributed by atoms with Gasteiger partial charge in [0.05, 0.1) is 0 Å². The van der Waals surface area contributed by atoms with E-state index in [1.54, 1.807) is 11.6 Å². The molecule has 0 spiro atoms. The number of aromatic nitrogens is 2. The number of halogens is 1. The number of aromatic amines is 1. The van der Waals surface area contributed by atoms with E-state index in [0.717, 1.165) is 28.2 Å². The van der Waals surface area contributed by atoms with E-state index in [0.29, 0.717) is 11.6 Å². The number of hydrogen-bond acceptors (Lipinski definition) is 3. The zero-order valence-corrected chi connectivity index (χ0v) is 14.0. The average molecular weight is 354 g/mol. The fourth-order valence-corrected chi connectivity index (χ4v) is 2.68. The summed E-state index contributed by atoms with van der Waals surface area (Å²) in [5, 5.41) is 8.98. The minimum absolute atomic E-state index is 0.524. The molecule has 2 aromatic carbocycles. The monoisotopic (exact) mass is 353 g/mol. The highest BCUT2D eigenvalue weighted by atomic mass is 35.5. The van der Waals surface area contributed by atoms with Crippen LogP contribution in [0.2, 0.25) is 5.15 Å². The minimum atomic E-state index is -0.567. The molecule has 0 aliphatic rings. The number of carbonyl (C=O) groups excluding carboxylic acids is 1. The largest absolute Gasteiger partial charge is 0.332 e. The second-order valence-corrected chi connectivity index (χ2v) is 5.82. The summed E-state index contributed by atoms with van der Waals surface area (Å²) < 4.78 is 0. The summed E-state index contributed by atoms with van der Waals surface area (Å²) in [7, 11) is 0. The van der Waals surface area contributed by atoms with Gasteiger partial charge in [0.15, 0.2) is 0 Å². The van der Waals surface area contributed by atoms with Crippen molar-refractivity contribution >= 4 is 23.6 Å². The first kappa shape index (κ1) is 17.0. The SMILES string of the molecule is O=C(/C=C/c1ccc(Cc2nc(-c3ccccc3)c(Cl)[nH]2)cc1)NO. The number of imidazole rings is 1. The molecule has 3 rings (SSSR count). The molecule has 25 heavy (non-hydrogen) atoms. The van der Waals surface area contributed by atoms with E-state index in [1.165, 1.54) is 6.08 Å². The van der Waals surface area contributed by atoms with Crippen LogP contribution in [0.5, 0.6) is 0 Å². The van der Waals surface area contributed by atoms with Crippen molar-refractivity contribution in [3.8, 4) is 11.3 Å². The van der Waals surface area contributed by atoms with Crippen molar-refractivity contribution in [2.75, 3.05) is 0 Å². The van der Waals surface area contributed by atoms with Crippen molar-refractivity contribution in [1.29, 1.82) is 0 Å². The van der Waals surface area contributed by atoms with E-state index < -0.39 is 5.91 Å². The molecule has 0 fully saturated rings. The average Bonchev–Trinajstić information content (AvgIpc) is 3.01. The Hall–Kier alpha value is -2.89. The van der Waals surface area contributed by atoms with E-state index in [-0.39, 0.29) is 0 Å². The first-order chi connectivity index (χ1) is 12.2. The van der Waals surface area contributed by atoms with Crippen LogP contribution in [-0.4, -0.2) is 21.1 Å². The Kier molecular flexibility index (Phi) is 5.28. The molecule has 0 bridgehead atoms. The summed E-state index contributed by atoms with van der Waals surface area (Å²) >= 11 is 6.27. The van der Waals surface area contributed by atoms with Crippen LogP contribution in [0.15, 0.2) is 60.7 Å². The van der Waals surface area contributed by atoms with Crippen LogP contribution >= 0.6 is 11.6 Å². The van der Waals surface area contributed by atoms with Gasteiger partial charge in [-0.25, -0.2) is 10.5 Å². The highest BCUT2D eigenvalue weighted by molar-refractivity contribution is 6.31. The highest BCUT2D eigenvalue weighted by Crippen LogP contribution is 2.26. The topological polar surface area (TPSA) is 78.0 Å². The van der Waals surface area contributed by atoms with Crippen LogP contribution in [0.1, 0.15) is 17.0 Å². The maximum absolute atomic E-state index is 11.0. The molecule has 0 saturated heterocycles. The van der Waals surface area contributed by atoms with Gasteiger partial charge in [-0.15, -0.1) is 0 Å². The second-order valence-electron chi connectivity index (χ2n) is 5.44. The Morgan fingerprint density at radius 2 is 1.88 bits per heavy atom. The van der Waals surface area contributed by atoms with Gasteiger partial charge in [-0.05, 0) is 17.2 Å². The quantitative estimate of drug-likeness (QED) is 0.370. The molecule has 1 heterocycles. The van der Waals surface area contributed by atoms with E-state index in [9.17, 15) is 4.79 Å². The van der Waals surface area contributed by atoms with Crippen molar-refractivity contribution in [3.63, 3.8) is 0 Å². The number of hydrogen-bond donors (Lipinski definition) is 3. The van der Waals surface area contributed by atoms with Crippen LogP contribution in [0.25, 0.3) is 17.3 Å². The molecule has 0 unspecified atom stereocenters. The number of amides is 1. The number of rotatable bonds is 5. The zero-order valence-electron chi connectivity index (χ0n) is 13.2. The number of nitrogens with zero attached hydrogens (tertiary/aromatic N) is 1.